The number of para-hydroxylation sites is 1. The van der Waals surface area contributed by atoms with Crippen molar-refractivity contribution in [2.24, 2.45) is 0 Å². The van der Waals surface area contributed by atoms with Crippen LogP contribution in [-0.4, -0.2) is 6.61 Å². The van der Waals surface area contributed by atoms with Crippen LogP contribution in [0.2, 0.25) is 0 Å². The fourth-order valence-electron chi connectivity index (χ4n) is 1.81. The van der Waals surface area contributed by atoms with E-state index in [1.54, 1.807) is 11.3 Å². The Bertz CT molecular complexity index is 542. The van der Waals surface area contributed by atoms with Crippen LogP contribution in [0.5, 0.6) is 5.75 Å². The molecular formula is C16H17NOS. The summed E-state index contributed by atoms with van der Waals surface area (Å²) in [4.78, 5) is 1.34. The van der Waals surface area contributed by atoms with Crippen LogP contribution < -0.4 is 10.1 Å². The van der Waals surface area contributed by atoms with Gasteiger partial charge in [0.15, 0.2) is 0 Å². The van der Waals surface area contributed by atoms with Gasteiger partial charge in [-0.25, -0.2) is 0 Å². The number of hydrogen-bond acceptors (Lipinski definition) is 3. The molecule has 0 radical (unpaired) electrons. The summed E-state index contributed by atoms with van der Waals surface area (Å²) in [5.74, 6) is 3.34. The van der Waals surface area contributed by atoms with Gasteiger partial charge in [-0.1, -0.05) is 30.2 Å². The van der Waals surface area contributed by atoms with Crippen LogP contribution in [0, 0.1) is 12.3 Å². The Morgan fingerprint density at radius 2 is 2.16 bits per heavy atom. The van der Waals surface area contributed by atoms with E-state index >= 15 is 0 Å². The van der Waals surface area contributed by atoms with E-state index in [0.29, 0.717) is 12.6 Å². The second-order valence-corrected chi connectivity index (χ2v) is 5.20. The van der Waals surface area contributed by atoms with E-state index in [1.807, 2.05) is 18.2 Å². The number of terminal acetylenes is 1. The van der Waals surface area contributed by atoms with Crippen LogP contribution in [0.15, 0.2) is 41.8 Å². The molecule has 2 nitrogen and oxygen atoms in total. The number of hydrogen-bond donors (Lipinski definition) is 1. The lowest BCUT2D eigenvalue weighted by molar-refractivity contribution is 0.364. The average molecular weight is 271 g/mol. The second kappa shape index (κ2) is 6.98. The largest absolute Gasteiger partial charge is 0.481 e. The van der Waals surface area contributed by atoms with Crippen LogP contribution in [-0.2, 0) is 6.54 Å². The minimum atomic E-state index is 0.303. The molecule has 98 valence electrons. The predicted molar refractivity (Wildman–Crippen MR) is 80.3 cm³/mol. The van der Waals surface area contributed by atoms with Crippen molar-refractivity contribution in [2.45, 2.75) is 19.5 Å². The summed E-state index contributed by atoms with van der Waals surface area (Å²) < 4.78 is 5.54. The number of nitrogens with one attached hydrogen (secondary N) is 1. The SMILES string of the molecule is C#CCOc1ccccc1CN[C@H](C)c1cccs1. The lowest BCUT2D eigenvalue weighted by Gasteiger charge is -2.14. The summed E-state index contributed by atoms with van der Waals surface area (Å²) in [6, 6.07) is 12.5. The molecule has 2 rings (SSSR count). The average Bonchev–Trinajstić information content (AvgIpc) is 2.97. The molecule has 0 saturated heterocycles. The van der Waals surface area contributed by atoms with Crippen molar-refractivity contribution in [1.29, 1.82) is 0 Å². The molecule has 19 heavy (non-hydrogen) atoms. The van der Waals surface area contributed by atoms with E-state index in [-0.39, 0.29) is 0 Å². The van der Waals surface area contributed by atoms with Gasteiger partial charge in [-0.2, -0.15) is 0 Å². The Morgan fingerprint density at radius 1 is 1.32 bits per heavy atom. The standard InChI is InChI=1S/C16H17NOS/c1-3-10-18-15-8-5-4-7-14(15)12-17-13(2)16-9-6-11-19-16/h1,4-9,11,13,17H,10,12H2,2H3/t13-/m1/s1. The molecule has 1 aromatic carbocycles. The summed E-state index contributed by atoms with van der Waals surface area (Å²) in [5, 5.41) is 5.59. The molecule has 1 N–H and O–H groups in total. The van der Waals surface area contributed by atoms with Gasteiger partial charge in [0.2, 0.25) is 0 Å². The molecule has 2 aromatic rings. The third-order valence-corrected chi connectivity index (χ3v) is 3.91. The Balaban J connectivity index is 1.97. The van der Waals surface area contributed by atoms with Gasteiger partial charge < -0.3 is 10.1 Å². The summed E-state index contributed by atoms with van der Waals surface area (Å²) in [7, 11) is 0. The lowest BCUT2D eigenvalue weighted by Crippen LogP contribution is -2.17. The zero-order valence-corrected chi connectivity index (χ0v) is 11.7. The molecule has 0 bridgehead atoms. The zero-order chi connectivity index (χ0) is 13.5. The van der Waals surface area contributed by atoms with Crippen LogP contribution in [0.25, 0.3) is 0 Å². The third kappa shape index (κ3) is 3.85. The van der Waals surface area contributed by atoms with Crippen molar-refractivity contribution >= 4 is 11.3 Å². The second-order valence-electron chi connectivity index (χ2n) is 4.22. The molecule has 3 heteroatoms. The molecule has 1 atom stereocenters. The fourth-order valence-corrected chi connectivity index (χ4v) is 2.57. The third-order valence-electron chi connectivity index (χ3n) is 2.85. The molecule has 1 aromatic heterocycles. The molecule has 0 unspecified atom stereocenters. The maximum Gasteiger partial charge on any atom is 0.148 e. The van der Waals surface area contributed by atoms with Crippen molar-refractivity contribution in [3.63, 3.8) is 0 Å². The molecule has 0 aliphatic carbocycles. The molecule has 0 fully saturated rings. The normalized spacial score (nSPS) is 11.8. The van der Waals surface area contributed by atoms with Gasteiger partial charge in [0.05, 0.1) is 0 Å². The van der Waals surface area contributed by atoms with Crippen LogP contribution in [0.1, 0.15) is 23.4 Å². The highest BCUT2D eigenvalue weighted by Gasteiger charge is 2.07. The van der Waals surface area contributed by atoms with E-state index in [0.717, 1.165) is 17.9 Å². The lowest BCUT2D eigenvalue weighted by atomic mass is 10.2. The van der Waals surface area contributed by atoms with Gasteiger partial charge in [0, 0.05) is 23.0 Å². The zero-order valence-electron chi connectivity index (χ0n) is 10.9. The molecule has 0 spiro atoms. The van der Waals surface area contributed by atoms with E-state index in [2.05, 4.69) is 41.7 Å². The monoisotopic (exact) mass is 271 g/mol. The van der Waals surface area contributed by atoms with Crippen LogP contribution >= 0.6 is 11.3 Å². The molecule has 0 saturated carbocycles. The molecule has 0 amide bonds. The van der Waals surface area contributed by atoms with Gasteiger partial charge in [0.1, 0.15) is 12.4 Å². The number of rotatable bonds is 6. The fraction of sp³-hybridized carbons (Fsp3) is 0.250. The van der Waals surface area contributed by atoms with Crippen LogP contribution in [0.3, 0.4) is 0 Å². The first-order valence-electron chi connectivity index (χ1n) is 6.22. The Morgan fingerprint density at radius 3 is 2.89 bits per heavy atom. The summed E-state index contributed by atoms with van der Waals surface area (Å²) in [5.41, 5.74) is 1.13. The van der Waals surface area contributed by atoms with E-state index < -0.39 is 0 Å². The highest BCUT2D eigenvalue weighted by Crippen LogP contribution is 2.21. The molecular weight excluding hydrogens is 254 g/mol. The molecule has 0 aliphatic heterocycles. The quantitative estimate of drug-likeness (QED) is 0.810. The van der Waals surface area contributed by atoms with Gasteiger partial charge in [0.25, 0.3) is 0 Å². The van der Waals surface area contributed by atoms with E-state index in [4.69, 9.17) is 11.2 Å². The Hall–Kier alpha value is -1.76. The van der Waals surface area contributed by atoms with Crippen molar-refractivity contribution in [1.82, 2.24) is 5.32 Å². The topological polar surface area (TPSA) is 21.3 Å². The maximum atomic E-state index is 5.54. The van der Waals surface area contributed by atoms with Gasteiger partial charge in [-0.05, 0) is 24.4 Å². The maximum absolute atomic E-state index is 5.54. The number of thiophene rings is 1. The minimum Gasteiger partial charge on any atom is -0.481 e. The van der Waals surface area contributed by atoms with Crippen molar-refractivity contribution < 1.29 is 4.74 Å². The van der Waals surface area contributed by atoms with Crippen molar-refractivity contribution in [3.05, 3.63) is 52.2 Å². The molecule has 1 heterocycles. The van der Waals surface area contributed by atoms with Crippen molar-refractivity contribution in [3.8, 4) is 18.1 Å². The van der Waals surface area contributed by atoms with Gasteiger partial charge >= 0.3 is 0 Å². The van der Waals surface area contributed by atoms with Gasteiger partial charge in [-0.3, -0.25) is 0 Å². The number of benzene rings is 1. The smallest absolute Gasteiger partial charge is 0.148 e. The molecule has 0 aliphatic rings. The predicted octanol–water partition coefficient (Wildman–Crippen LogP) is 3.61. The minimum absolute atomic E-state index is 0.303. The highest BCUT2D eigenvalue weighted by atomic mass is 32.1. The first kappa shape index (κ1) is 13.7. The van der Waals surface area contributed by atoms with Crippen LogP contribution in [0.4, 0.5) is 0 Å². The summed E-state index contributed by atoms with van der Waals surface area (Å²) in [6.07, 6.45) is 5.22. The summed E-state index contributed by atoms with van der Waals surface area (Å²) in [6.45, 7) is 3.23. The van der Waals surface area contributed by atoms with Crippen molar-refractivity contribution in [2.75, 3.05) is 6.61 Å². The summed E-state index contributed by atoms with van der Waals surface area (Å²) >= 11 is 1.76. The van der Waals surface area contributed by atoms with E-state index in [1.165, 1.54) is 4.88 Å². The van der Waals surface area contributed by atoms with E-state index in [9.17, 15) is 0 Å². The Labute approximate surface area is 118 Å². The Kier molecular flexibility index (Phi) is 5.02. The first-order valence-corrected chi connectivity index (χ1v) is 7.10. The first-order chi connectivity index (χ1) is 9.31. The van der Waals surface area contributed by atoms with Gasteiger partial charge in [-0.15, -0.1) is 17.8 Å². The number of ether oxygens (including phenoxy) is 1. The highest BCUT2D eigenvalue weighted by molar-refractivity contribution is 7.10.